The molecule has 2 aromatic rings. The van der Waals surface area contributed by atoms with Crippen LogP contribution in [0.2, 0.25) is 0 Å². The van der Waals surface area contributed by atoms with Gasteiger partial charge in [0, 0.05) is 33.0 Å². The van der Waals surface area contributed by atoms with Gasteiger partial charge in [-0.3, -0.25) is 0 Å². The first kappa shape index (κ1) is 13.6. The van der Waals surface area contributed by atoms with Crippen LogP contribution in [-0.4, -0.2) is 12.2 Å². The van der Waals surface area contributed by atoms with E-state index in [1.165, 1.54) is 4.88 Å². The summed E-state index contributed by atoms with van der Waals surface area (Å²) >= 11 is 5.20. The SMILES string of the molecule is C[C@H](O)c1ccccc1N(C)Cc1cc(Br)cs1. The number of halogens is 1. The van der Waals surface area contributed by atoms with Crippen LogP contribution in [0.15, 0.2) is 40.2 Å². The summed E-state index contributed by atoms with van der Waals surface area (Å²) < 4.78 is 1.12. The standard InChI is InChI=1S/C14H16BrNOS/c1-10(17)13-5-3-4-6-14(13)16(2)8-12-7-11(15)9-18-12/h3-7,9-10,17H,8H2,1-2H3/t10-/m0/s1. The first-order chi connectivity index (χ1) is 8.58. The molecule has 0 amide bonds. The Bertz CT molecular complexity index is 524. The summed E-state index contributed by atoms with van der Waals surface area (Å²) in [5.74, 6) is 0. The van der Waals surface area contributed by atoms with Crippen molar-refractivity contribution in [1.82, 2.24) is 0 Å². The fourth-order valence-electron chi connectivity index (χ4n) is 1.94. The molecule has 0 saturated heterocycles. The lowest BCUT2D eigenvalue weighted by atomic mass is 10.1. The van der Waals surface area contributed by atoms with Crippen LogP contribution in [0, 0.1) is 0 Å². The molecule has 0 spiro atoms. The van der Waals surface area contributed by atoms with E-state index in [-0.39, 0.29) is 0 Å². The summed E-state index contributed by atoms with van der Waals surface area (Å²) in [7, 11) is 2.05. The average molecular weight is 326 g/mol. The van der Waals surface area contributed by atoms with Crippen molar-refractivity contribution >= 4 is 33.0 Å². The molecule has 0 fully saturated rings. The fraction of sp³-hybridized carbons (Fsp3) is 0.286. The number of benzene rings is 1. The number of nitrogens with zero attached hydrogens (tertiary/aromatic N) is 1. The van der Waals surface area contributed by atoms with Gasteiger partial charge in [-0.15, -0.1) is 11.3 Å². The van der Waals surface area contributed by atoms with Crippen molar-refractivity contribution in [3.63, 3.8) is 0 Å². The van der Waals surface area contributed by atoms with E-state index in [1.54, 1.807) is 18.3 Å². The van der Waals surface area contributed by atoms with Crippen molar-refractivity contribution in [3.8, 4) is 0 Å². The lowest BCUT2D eigenvalue weighted by Crippen LogP contribution is -2.17. The van der Waals surface area contributed by atoms with Gasteiger partial charge in [0.2, 0.25) is 0 Å². The van der Waals surface area contributed by atoms with Crippen molar-refractivity contribution in [2.45, 2.75) is 19.6 Å². The molecule has 0 aliphatic rings. The maximum Gasteiger partial charge on any atom is 0.0781 e. The Morgan fingerprint density at radius 3 is 2.72 bits per heavy atom. The normalized spacial score (nSPS) is 12.4. The molecule has 18 heavy (non-hydrogen) atoms. The summed E-state index contributed by atoms with van der Waals surface area (Å²) in [5.41, 5.74) is 2.05. The number of hydrogen-bond donors (Lipinski definition) is 1. The van der Waals surface area contributed by atoms with Gasteiger partial charge in [-0.25, -0.2) is 0 Å². The number of anilines is 1. The summed E-state index contributed by atoms with van der Waals surface area (Å²) in [6, 6.07) is 10.1. The highest BCUT2D eigenvalue weighted by Gasteiger charge is 2.11. The van der Waals surface area contributed by atoms with E-state index in [0.717, 1.165) is 22.3 Å². The minimum absolute atomic E-state index is 0.446. The summed E-state index contributed by atoms with van der Waals surface area (Å²) in [5, 5.41) is 11.9. The highest BCUT2D eigenvalue weighted by Crippen LogP contribution is 2.28. The zero-order chi connectivity index (χ0) is 13.1. The van der Waals surface area contributed by atoms with Crippen LogP contribution >= 0.6 is 27.3 Å². The number of aliphatic hydroxyl groups is 1. The van der Waals surface area contributed by atoms with E-state index in [1.807, 2.05) is 24.3 Å². The van der Waals surface area contributed by atoms with Gasteiger partial charge in [-0.1, -0.05) is 18.2 Å². The number of aliphatic hydroxyl groups excluding tert-OH is 1. The average Bonchev–Trinajstić information content (AvgIpc) is 2.74. The van der Waals surface area contributed by atoms with Gasteiger partial charge >= 0.3 is 0 Å². The van der Waals surface area contributed by atoms with Crippen molar-refractivity contribution in [1.29, 1.82) is 0 Å². The second-order valence-electron chi connectivity index (χ2n) is 4.32. The second-order valence-corrected chi connectivity index (χ2v) is 6.23. The lowest BCUT2D eigenvalue weighted by Gasteiger charge is -2.23. The molecule has 1 atom stereocenters. The van der Waals surface area contributed by atoms with Crippen molar-refractivity contribution in [2.24, 2.45) is 0 Å². The Kier molecular flexibility index (Phi) is 4.43. The Labute approximate surface area is 120 Å². The third-order valence-electron chi connectivity index (χ3n) is 2.81. The Hall–Kier alpha value is -0.840. The van der Waals surface area contributed by atoms with Gasteiger partial charge < -0.3 is 10.0 Å². The van der Waals surface area contributed by atoms with Crippen molar-refractivity contribution in [2.75, 3.05) is 11.9 Å². The fourth-order valence-corrected chi connectivity index (χ4v) is 3.45. The largest absolute Gasteiger partial charge is 0.389 e. The molecule has 1 aromatic heterocycles. The quantitative estimate of drug-likeness (QED) is 0.910. The molecule has 96 valence electrons. The minimum Gasteiger partial charge on any atom is -0.389 e. The maximum atomic E-state index is 9.79. The topological polar surface area (TPSA) is 23.5 Å². The highest BCUT2D eigenvalue weighted by molar-refractivity contribution is 9.10. The summed E-state index contributed by atoms with van der Waals surface area (Å²) in [6.45, 7) is 2.65. The first-order valence-corrected chi connectivity index (χ1v) is 7.46. The molecule has 4 heteroatoms. The molecule has 0 saturated carbocycles. The van der Waals surface area contributed by atoms with Gasteiger partial charge in [0.15, 0.2) is 0 Å². The van der Waals surface area contributed by atoms with Gasteiger partial charge in [0.25, 0.3) is 0 Å². The van der Waals surface area contributed by atoms with E-state index in [4.69, 9.17) is 0 Å². The lowest BCUT2D eigenvalue weighted by molar-refractivity contribution is 0.199. The van der Waals surface area contributed by atoms with E-state index in [0.29, 0.717) is 0 Å². The minimum atomic E-state index is -0.446. The Balaban J connectivity index is 2.20. The number of thiophene rings is 1. The van der Waals surface area contributed by atoms with Gasteiger partial charge in [0.05, 0.1) is 12.6 Å². The molecule has 2 nitrogen and oxygen atoms in total. The number of rotatable bonds is 4. The monoisotopic (exact) mass is 325 g/mol. The van der Waals surface area contributed by atoms with Gasteiger partial charge in [0.1, 0.15) is 0 Å². The maximum absolute atomic E-state index is 9.79. The molecule has 0 aliphatic heterocycles. The predicted molar refractivity (Wildman–Crippen MR) is 81.2 cm³/mol. The van der Waals surface area contributed by atoms with Gasteiger partial charge in [-0.2, -0.15) is 0 Å². The van der Waals surface area contributed by atoms with Crippen LogP contribution in [0.1, 0.15) is 23.5 Å². The molecule has 2 rings (SSSR count). The molecule has 0 aliphatic carbocycles. The van der Waals surface area contributed by atoms with Crippen molar-refractivity contribution < 1.29 is 5.11 Å². The molecule has 1 N–H and O–H groups in total. The van der Waals surface area contributed by atoms with Crippen LogP contribution in [0.5, 0.6) is 0 Å². The molecule has 0 radical (unpaired) electrons. The second kappa shape index (κ2) is 5.87. The third-order valence-corrected chi connectivity index (χ3v) is 4.50. The van der Waals surface area contributed by atoms with Gasteiger partial charge in [-0.05, 0) is 35.0 Å². The molecule has 0 unspecified atom stereocenters. The van der Waals surface area contributed by atoms with Crippen LogP contribution in [0.3, 0.4) is 0 Å². The number of para-hydroxylation sites is 1. The number of hydrogen-bond acceptors (Lipinski definition) is 3. The Morgan fingerprint density at radius 1 is 1.39 bits per heavy atom. The molecular formula is C14H16BrNOS. The van der Waals surface area contributed by atoms with Crippen LogP contribution in [0.25, 0.3) is 0 Å². The first-order valence-electron chi connectivity index (χ1n) is 5.79. The summed E-state index contributed by atoms with van der Waals surface area (Å²) in [6.07, 6.45) is -0.446. The highest BCUT2D eigenvalue weighted by atomic mass is 79.9. The van der Waals surface area contributed by atoms with E-state index < -0.39 is 6.10 Å². The molecule has 1 heterocycles. The third kappa shape index (κ3) is 3.13. The van der Waals surface area contributed by atoms with Crippen LogP contribution < -0.4 is 4.90 Å². The molecule has 0 bridgehead atoms. The van der Waals surface area contributed by atoms with Crippen LogP contribution in [-0.2, 0) is 6.54 Å². The summed E-state index contributed by atoms with van der Waals surface area (Å²) in [4.78, 5) is 3.46. The zero-order valence-electron chi connectivity index (χ0n) is 10.4. The zero-order valence-corrected chi connectivity index (χ0v) is 12.8. The van der Waals surface area contributed by atoms with Crippen molar-refractivity contribution in [3.05, 3.63) is 50.6 Å². The van der Waals surface area contributed by atoms with E-state index >= 15 is 0 Å². The molecular weight excluding hydrogens is 310 g/mol. The predicted octanol–water partition coefficient (Wildman–Crippen LogP) is 4.20. The van der Waals surface area contributed by atoms with Crippen LogP contribution in [0.4, 0.5) is 5.69 Å². The van der Waals surface area contributed by atoms with E-state index in [2.05, 4.69) is 39.3 Å². The smallest absolute Gasteiger partial charge is 0.0781 e. The Morgan fingerprint density at radius 2 is 2.11 bits per heavy atom. The van der Waals surface area contributed by atoms with E-state index in [9.17, 15) is 5.11 Å². The molecule has 1 aromatic carbocycles.